The van der Waals surface area contributed by atoms with Crippen LogP contribution in [0.5, 0.6) is 5.75 Å². The average molecular weight is 436 g/mol. The number of ether oxygens (including phenoxy) is 1. The summed E-state index contributed by atoms with van der Waals surface area (Å²) >= 11 is 6.95. The molecule has 0 saturated heterocycles. The molecule has 1 aliphatic heterocycles. The number of fused-ring (bicyclic) bond motifs is 2. The van der Waals surface area contributed by atoms with Crippen molar-refractivity contribution in [3.8, 4) is 5.75 Å². The molecule has 5 heteroatoms. The highest BCUT2D eigenvalue weighted by atomic mass is 79.9. The second-order valence-electron chi connectivity index (χ2n) is 5.85. The summed E-state index contributed by atoms with van der Waals surface area (Å²) < 4.78 is 13.4. The number of carbonyl (C=O) groups is 1. The van der Waals surface area contributed by atoms with Crippen molar-refractivity contribution in [1.82, 2.24) is 0 Å². The summed E-state index contributed by atoms with van der Waals surface area (Å²) in [6, 6.07) is 11.4. The molecule has 0 radical (unpaired) electrons. The highest BCUT2D eigenvalue weighted by Crippen LogP contribution is 2.48. The first-order chi connectivity index (χ1) is 10.9. The van der Waals surface area contributed by atoms with Gasteiger partial charge in [-0.3, -0.25) is 4.79 Å². The molecule has 116 valence electrons. The summed E-state index contributed by atoms with van der Waals surface area (Å²) in [5.41, 5.74) is 1.58. The minimum atomic E-state index is -0.950. The quantitative estimate of drug-likeness (QED) is 0.374. The molecule has 23 heavy (non-hydrogen) atoms. The van der Waals surface area contributed by atoms with E-state index < -0.39 is 5.41 Å². The molecule has 0 saturated carbocycles. The fourth-order valence-electron chi connectivity index (χ4n) is 3.18. The van der Waals surface area contributed by atoms with Crippen LogP contribution in [0.1, 0.15) is 23.8 Å². The summed E-state index contributed by atoms with van der Waals surface area (Å²) in [6.45, 7) is 3.83. The minimum Gasteiger partial charge on any atom is -0.459 e. The summed E-state index contributed by atoms with van der Waals surface area (Å²) in [6.07, 6.45) is 0. The van der Waals surface area contributed by atoms with E-state index >= 15 is 0 Å². The van der Waals surface area contributed by atoms with Gasteiger partial charge in [-0.15, -0.1) is 0 Å². The molecule has 4 rings (SSSR count). The SMILES string of the molecule is Cc1c(C2(C)C(=O)Oc3ccc(Br)cc32)oc2ccc(Br)cc12. The summed E-state index contributed by atoms with van der Waals surface area (Å²) in [7, 11) is 0. The number of furan rings is 1. The zero-order valence-electron chi connectivity index (χ0n) is 12.4. The van der Waals surface area contributed by atoms with Gasteiger partial charge >= 0.3 is 5.97 Å². The van der Waals surface area contributed by atoms with Crippen LogP contribution < -0.4 is 4.74 Å². The van der Waals surface area contributed by atoms with E-state index in [2.05, 4.69) is 31.9 Å². The number of hydrogen-bond acceptors (Lipinski definition) is 3. The standard InChI is InChI=1S/C18H12Br2O3/c1-9-12-7-10(19)3-5-14(12)22-16(9)18(2)13-8-11(20)4-6-15(13)23-17(18)21/h3-8H,1-2H3. The van der Waals surface area contributed by atoms with Gasteiger partial charge < -0.3 is 9.15 Å². The zero-order valence-corrected chi connectivity index (χ0v) is 15.6. The van der Waals surface area contributed by atoms with Gasteiger partial charge in [0.2, 0.25) is 0 Å². The van der Waals surface area contributed by atoms with E-state index in [9.17, 15) is 4.79 Å². The molecule has 3 nitrogen and oxygen atoms in total. The number of rotatable bonds is 1. The largest absolute Gasteiger partial charge is 0.459 e. The van der Waals surface area contributed by atoms with Crippen molar-refractivity contribution in [1.29, 1.82) is 0 Å². The van der Waals surface area contributed by atoms with Gasteiger partial charge in [0.25, 0.3) is 0 Å². The van der Waals surface area contributed by atoms with Crippen molar-refractivity contribution in [2.45, 2.75) is 19.3 Å². The summed E-state index contributed by atoms with van der Waals surface area (Å²) in [4.78, 5) is 12.7. The Morgan fingerprint density at radius 2 is 1.74 bits per heavy atom. The number of esters is 1. The molecular formula is C18H12Br2O3. The Morgan fingerprint density at radius 3 is 2.52 bits per heavy atom. The van der Waals surface area contributed by atoms with Gasteiger partial charge in [0.05, 0.1) is 0 Å². The Kier molecular flexibility index (Phi) is 3.22. The number of benzene rings is 2. The van der Waals surface area contributed by atoms with E-state index in [-0.39, 0.29) is 5.97 Å². The van der Waals surface area contributed by atoms with Crippen molar-refractivity contribution < 1.29 is 13.9 Å². The van der Waals surface area contributed by atoms with Crippen LogP contribution in [0.2, 0.25) is 0 Å². The van der Waals surface area contributed by atoms with Gasteiger partial charge in [-0.05, 0) is 55.8 Å². The summed E-state index contributed by atoms with van der Waals surface area (Å²) in [5, 5.41) is 0.992. The Balaban J connectivity index is 2.02. The Bertz CT molecular complexity index is 974. The molecule has 0 spiro atoms. The lowest BCUT2D eigenvalue weighted by molar-refractivity contribution is -0.136. The molecule has 1 aromatic heterocycles. The monoisotopic (exact) mass is 434 g/mol. The average Bonchev–Trinajstić information content (AvgIpc) is 2.97. The Hall–Kier alpha value is -1.59. The first-order valence-electron chi connectivity index (χ1n) is 7.12. The van der Waals surface area contributed by atoms with E-state index in [1.807, 2.05) is 44.2 Å². The normalized spacial score (nSPS) is 19.9. The van der Waals surface area contributed by atoms with Crippen molar-refractivity contribution in [3.63, 3.8) is 0 Å². The molecule has 0 fully saturated rings. The third-order valence-electron chi connectivity index (χ3n) is 4.44. The fourth-order valence-corrected chi connectivity index (χ4v) is 3.90. The molecule has 0 amide bonds. The highest BCUT2D eigenvalue weighted by Gasteiger charge is 2.50. The number of carbonyl (C=O) groups excluding carboxylic acids is 1. The van der Waals surface area contributed by atoms with Gasteiger partial charge in [-0.1, -0.05) is 31.9 Å². The maximum atomic E-state index is 12.7. The van der Waals surface area contributed by atoms with Crippen molar-refractivity contribution >= 4 is 48.8 Å². The molecule has 1 atom stereocenters. The lowest BCUT2D eigenvalue weighted by Crippen LogP contribution is -2.31. The fraction of sp³-hybridized carbons (Fsp3) is 0.167. The zero-order chi connectivity index (χ0) is 16.4. The number of aryl methyl sites for hydroxylation is 1. The Morgan fingerprint density at radius 1 is 1.04 bits per heavy atom. The van der Waals surface area contributed by atoms with Crippen LogP contribution in [-0.2, 0) is 10.2 Å². The van der Waals surface area contributed by atoms with Crippen LogP contribution >= 0.6 is 31.9 Å². The van der Waals surface area contributed by atoms with Crippen LogP contribution in [0.4, 0.5) is 0 Å². The second kappa shape index (κ2) is 4.95. The van der Waals surface area contributed by atoms with Crippen LogP contribution in [-0.4, -0.2) is 5.97 Å². The van der Waals surface area contributed by atoms with E-state index in [0.717, 1.165) is 31.0 Å². The molecule has 0 aliphatic carbocycles. The van der Waals surface area contributed by atoms with E-state index in [0.29, 0.717) is 11.5 Å². The minimum absolute atomic E-state index is 0.313. The van der Waals surface area contributed by atoms with E-state index in [1.165, 1.54) is 0 Å². The number of hydrogen-bond donors (Lipinski definition) is 0. The van der Waals surface area contributed by atoms with Gasteiger partial charge in [-0.2, -0.15) is 0 Å². The third kappa shape index (κ3) is 2.03. The first kappa shape index (κ1) is 15.0. The lowest BCUT2D eigenvalue weighted by atomic mass is 9.80. The molecule has 2 heterocycles. The van der Waals surface area contributed by atoms with Gasteiger partial charge in [0.1, 0.15) is 17.1 Å². The molecule has 0 bridgehead atoms. The van der Waals surface area contributed by atoms with Gasteiger partial charge in [0.15, 0.2) is 5.41 Å². The van der Waals surface area contributed by atoms with Gasteiger partial charge in [0, 0.05) is 19.9 Å². The van der Waals surface area contributed by atoms with Crippen molar-refractivity contribution in [2.75, 3.05) is 0 Å². The number of halogens is 2. The molecular weight excluding hydrogens is 424 g/mol. The molecule has 1 aliphatic rings. The van der Waals surface area contributed by atoms with E-state index in [1.54, 1.807) is 6.07 Å². The first-order valence-corrected chi connectivity index (χ1v) is 8.71. The predicted octanol–water partition coefficient (Wildman–Crippen LogP) is 5.49. The van der Waals surface area contributed by atoms with Gasteiger partial charge in [-0.25, -0.2) is 0 Å². The van der Waals surface area contributed by atoms with Crippen LogP contribution in [0.25, 0.3) is 11.0 Å². The topological polar surface area (TPSA) is 39.4 Å². The maximum Gasteiger partial charge on any atom is 0.329 e. The molecule has 1 unspecified atom stereocenters. The molecule has 3 aromatic rings. The van der Waals surface area contributed by atoms with Crippen LogP contribution in [0.3, 0.4) is 0 Å². The van der Waals surface area contributed by atoms with Crippen molar-refractivity contribution in [3.05, 3.63) is 62.2 Å². The molecule has 2 aromatic carbocycles. The predicted molar refractivity (Wildman–Crippen MR) is 94.9 cm³/mol. The maximum absolute atomic E-state index is 12.7. The smallest absolute Gasteiger partial charge is 0.329 e. The van der Waals surface area contributed by atoms with Crippen LogP contribution in [0.15, 0.2) is 49.8 Å². The van der Waals surface area contributed by atoms with Crippen molar-refractivity contribution in [2.24, 2.45) is 0 Å². The molecule has 0 N–H and O–H groups in total. The Labute approximate surface area is 149 Å². The van der Waals surface area contributed by atoms with E-state index in [4.69, 9.17) is 9.15 Å². The third-order valence-corrected chi connectivity index (χ3v) is 5.43. The van der Waals surface area contributed by atoms with Crippen LogP contribution in [0, 0.1) is 6.92 Å². The summed E-state index contributed by atoms with van der Waals surface area (Å²) in [5.74, 6) is 0.904. The highest BCUT2D eigenvalue weighted by molar-refractivity contribution is 9.10. The lowest BCUT2D eigenvalue weighted by Gasteiger charge is -2.19. The second-order valence-corrected chi connectivity index (χ2v) is 7.68.